The highest BCUT2D eigenvalue weighted by Gasteiger charge is 2.16. The third-order valence-corrected chi connectivity index (χ3v) is 1.50. The maximum atomic E-state index is 10.3. The molecular weight excluding hydrogens is 184 g/mol. The summed E-state index contributed by atoms with van der Waals surface area (Å²) in [5, 5.41) is 19.4. The summed E-state index contributed by atoms with van der Waals surface area (Å²) < 4.78 is 0. The van der Waals surface area contributed by atoms with Crippen molar-refractivity contribution < 1.29 is 10.0 Å². The lowest BCUT2D eigenvalue weighted by atomic mass is 10.2. The molecule has 1 aromatic carbocycles. The molecule has 0 aromatic heterocycles. The highest BCUT2D eigenvalue weighted by molar-refractivity contribution is 6.31. The van der Waals surface area contributed by atoms with Crippen molar-refractivity contribution in [2.24, 2.45) is 0 Å². The van der Waals surface area contributed by atoms with Crippen molar-refractivity contribution in [2.75, 3.05) is 5.73 Å². The Morgan fingerprint density at radius 1 is 1.58 bits per heavy atom. The summed E-state index contributed by atoms with van der Waals surface area (Å²) in [5.41, 5.74) is 4.63. The predicted molar refractivity (Wildman–Crippen MR) is 44.2 cm³/mol. The molecule has 5 nitrogen and oxygen atoms in total. The van der Waals surface area contributed by atoms with Gasteiger partial charge in [0.2, 0.25) is 5.75 Å². The van der Waals surface area contributed by atoms with Gasteiger partial charge in [0.1, 0.15) is 0 Å². The lowest BCUT2D eigenvalue weighted by molar-refractivity contribution is -0.385. The second-order valence-corrected chi connectivity index (χ2v) is 2.56. The van der Waals surface area contributed by atoms with Crippen molar-refractivity contribution in [3.8, 4) is 5.75 Å². The van der Waals surface area contributed by atoms with E-state index in [-0.39, 0.29) is 10.7 Å². The molecule has 0 radical (unpaired) electrons. The van der Waals surface area contributed by atoms with Crippen LogP contribution < -0.4 is 5.73 Å². The highest BCUT2D eigenvalue weighted by Crippen LogP contribution is 2.34. The molecule has 1 rings (SSSR count). The Balaban J connectivity index is 3.37. The zero-order chi connectivity index (χ0) is 9.30. The van der Waals surface area contributed by atoms with Crippen LogP contribution in [0.2, 0.25) is 5.02 Å². The second-order valence-electron chi connectivity index (χ2n) is 2.12. The van der Waals surface area contributed by atoms with Crippen molar-refractivity contribution >= 4 is 23.0 Å². The zero-order valence-electron chi connectivity index (χ0n) is 5.82. The molecule has 0 aliphatic heterocycles. The summed E-state index contributed by atoms with van der Waals surface area (Å²) in [5.74, 6) is -0.551. The van der Waals surface area contributed by atoms with Gasteiger partial charge in [0, 0.05) is 11.1 Å². The van der Waals surface area contributed by atoms with Gasteiger partial charge in [-0.05, 0) is 6.07 Å². The highest BCUT2D eigenvalue weighted by atomic mass is 35.5. The first-order chi connectivity index (χ1) is 5.52. The first-order valence-electron chi connectivity index (χ1n) is 2.94. The topological polar surface area (TPSA) is 89.4 Å². The number of hydrogen-bond donors (Lipinski definition) is 2. The Morgan fingerprint density at radius 2 is 2.17 bits per heavy atom. The fraction of sp³-hybridized carbons (Fsp3) is 0. The number of hydrogen-bond acceptors (Lipinski definition) is 4. The fourth-order valence-corrected chi connectivity index (χ4v) is 0.966. The largest absolute Gasteiger partial charge is 0.501 e. The minimum absolute atomic E-state index is 0.103. The molecule has 0 unspecified atom stereocenters. The summed E-state index contributed by atoms with van der Waals surface area (Å²) in [6.45, 7) is 0. The van der Waals surface area contributed by atoms with Crippen LogP contribution in [0.15, 0.2) is 12.1 Å². The van der Waals surface area contributed by atoms with E-state index in [2.05, 4.69) is 0 Å². The molecule has 0 spiro atoms. The Hall–Kier alpha value is -1.49. The lowest BCUT2D eigenvalue weighted by Crippen LogP contribution is -1.92. The molecule has 6 heteroatoms. The molecule has 0 atom stereocenters. The van der Waals surface area contributed by atoms with Crippen LogP contribution in [0.25, 0.3) is 0 Å². The summed E-state index contributed by atoms with van der Waals surface area (Å²) in [7, 11) is 0. The Kier molecular flexibility index (Phi) is 2.05. The Labute approximate surface area is 72.5 Å². The maximum absolute atomic E-state index is 10.3. The van der Waals surface area contributed by atoms with Gasteiger partial charge in [-0.25, -0.2) is 0 Å². The standard InChI is InChI=1S/C6H5ClN2O3/c7-3-1-4(8)6(10)5(2-3)9(11)12/h1-2,10H,8H2. The van der Waals surface area contributed by atoms with E-state index in [1.807, 2.05) is 0 Å². The molecule has 0 saturated heterocycles. The lowest BCUT2D eigenvalue weighted by Gasteiger charge is -1.99. The van der Waals surface area contributed by atoms with E-state index in [1.54, 1.807) is 0 Å². The number of nitro benzene ring substituents is 1. The van der Waals surface area contributed by atoms with E-state index in [1.165, 1.54) is 6.07 Å². The minimum Gasteiger partial charge on any atom is -0.501 e. The number of halogens is 1. The van der Waals surface area contributed by atoms with Crippen LogP contribution in [0.5, 0.6) is 5.75 Å². The summed E-state index contributed by atoms with van der Waals surface area (Å²) >= 11 is 5.47. The van der Waals surface area contributed by atoms with Crippen LogP contribution >= 0.6 is 11.6 Å². The molecule has 0 aliphatic rings. The van der Waals surface area contributed by atoms with Gasteiger partial charge in [0.15, 0.2) is 0 Å². The number of nitrogen functional groups attached to an aromatic ring is 1. The summed E-state index contributed by atoms with van der Waals surface area (Å²) in [6.07, 6.45) is 0. The predicted octanol–water partition coefficient (Wildman–Crippen LogP) is 1.54. The van der Waals surface area contributed by atoms with E-state index in [0.29, 0.717) is 0 Å². The van der Waals surface area contributed by atoms with E-state index >= 15 is 0 Å². The number of phenolic OH excluding ortho intramolecular Hbond substituents is 1. The smallest absolute Gasteiger partial charge is 0.314 e. The second kappa shape index (κ2) is 2.86. The van der Waals surface area contributed by atoms with Crippen molar-refractivity contribution in [3.63, 3.8) is 0 Å². The van der Waals surface area contributed by atoms with Crippen LogP contribution in [0.3, 0.4) is 0 Å². The van der Waals surface area contributed by atoms with Gasteiger partial charge in [0.25, 0.3) is 0 Å². The number of anilines is 1. The SMILES string of the molecule is Nc1cc(Cl)cc([N+](=O)[O-])c1O. The van der Waals surface area contributed by atoms with Gasteiger partial charge in [0.05, 0.1) is 10.6 Å². The molecule has 0 bridgehead atoms. The van der Waals surface area contributed by atoms with Gasteiger partial charge in [-0.15, -0.1) is 0 Å². The molecule has 0 fully saturated rings. The normalized spacial score (nSPS) is 9.75. The molecule has 0 heterocycles. The van der Waals surface area contributed by atoms with Gasteiger partial charge < -0.3 is 10.8 Å². The minimum atomic E-state index is -0.752. The fourth-order valence-electron chi connectivity index (χ4n) is 0.745. The van der Waals surface area contributed by atoms with Crippen molar-refractivity contribution in [3.05, 3.63) is 27.3 Å². The number of benzene rings is 1. The van der Waals surface area contributed by atoms with Gasteiger partial charge >= 0.3 is 5.69 Å². The van der Waals surface area contributed by atoms with Gasteiger partial charge in [-0.3, -0.25) is 10.1 Å². The van der Waals surface area contributed by atoms with E-state index < -0.39 is 16.4 Å². The number of nitro groups is 1. The molecule has 0 saturated carbocycles. The third kappa shape index (κ3) is 1.40. The van der Waals surface area contributed by atoms with Gasteiger partial charge in [-0.1, -0.05) is 11.6 Å². The Bertz CT molecular complexity index is 340. The number of phenols is 1. The molecule has 1 aromatic rings. The average molecular weight is 189 g/mol. The maximum Gasteiger partial charge on any atom is 0.314 e. The first-order valence-corrected chi connectivity index (χ1v) is 3.32. The zero-order valence-corrected chi connectivity index (χ0v) is 6.58. The van der Waals surface area contributed by atoms with Crippen LogP contribution in [0, 0.1) is 10.1 Å². The van der Waals surface area contributed by atoms with Crippen molar-refractivity contribution in [1.29, 1.82) is 0 Å². The third-order valence-electron chi connectivity index (χ3n) is 1.28. The van der Waals surface area contributed by atoms with Crippen molar-refractivity contribution in [1.82, 2.24) is 0 Å². The number of nitrogens with zero attached hydrogens (tertiary/aromatic N) is 1. The molecule has 0 aliphatic carbocycles. The van der Waals surface area contributed by atoms with E-state index in [4.69, 9.17) is 22.4 Å². The quantitative estimate of drug-likeness (QED) is 0.303. The number of nitrogens with two attached hydrogens (primary N) is 1. The monoisotopic (exact) mass is 188 g/mol. The summed E-state index contributed by atoms with van der Waals surface area (Å²) in [4.78, 5) is 9.51. The molecule has 0 amide bonds. The molecular formula is C6H5ClN2O3. The van der Waals surface area contributed by atoms with E-state index in [9.17, 15) is 10.1 Å². The van der Waals surface area contributed by atoms with Crippen molar-refractivity contribution in [2.45, 2.75) is 0 Å². The van der Waals surface area contributed by atoms with E-state index in [0.717, 1.165) is 6.07 Å². The number of aromatic hydroxyl groups is 1. The van der Waals surface area contributed by atoms with Crippen LogP contribution in [0.4, 0.5) is 11.4 Å². The van der Waals surface area contributed by atoms with Crippen LogP contribution in [-0.4, -0.2) is 10.0 Å². The Morgan fingerprint density at radius 3 is 2.67 bits per heavy atom. The number of rotatable bonds is 1. The average Bonchev–Trinajstić information content (AvgIpc) is 1.96. The van der Waals surface area contributed by atoms with Crippen LogP contribution in [-0.2, 0) is 0 Å². The first kappa shape index (κ1) is 8.61. The molecule has 3 N–H and O–H groups in total. The molecule has 12 heavy (non-hydrogen) atoms. The molecule has 64 valence electrons. The summed E-state index contributed by atoms with van der Waals surface area (Å²) in [6, 6.07) is 2.27. The van der Waals surface area contributed by atoms with Gasteiger partial charge in [-0.2, -0.15) is 0 Å². The van der Waals surface area contributed by atoms with Crippen LogP contribution in [0.1, 0.15) is 0 Å².